The lowest BCUT2D eigenvalue weighted by Crippen LogP contribution is -2.34. The summed E-state index contributed by atoms with van der Waals surface area (Å²) in [5.41, 5.74) is 0. The molecule has 0 amide bonds. The second-order valence-corrected chi connectivity index (χ2v) is 9.47. The Morgan fingerprint density at radius 2 is 0.821 bits per heavy atom. The van der Waals surface area contributed by atoms with Gasteiger partial charge in [-0.25, -0.2) is 0 Å². The predicted molar refractivity (Wildman–Crippen MR) is 159 cm³/mol. The second-order valence-electron chi connectivity index (χ2n) is 9.47. The number of allylic oxidation sites excluding steroid dienone is 2. The van der Waals surface area contributed by atoms with Crippen LogP contribution in [-0.4, -0.2) is 52.2 Å². The maximum absolute atomic E-state index is 6.67. The fraction of sp³-hybridized carbons (Fsp3) is 0.875. The van der Waals surface area contributed by atoms with Crippen molar-refractivity contribution in [3.8, 4) is 0 Å². The van der Waals surface area contributed by atoms with Crippen molar-refractivity contribution in [3.05, 3.63) is 23.0 Å². The van der Waals surface area contributed by atoms with Crippen molar-refractivity contribution in [2.75, 3.05) is 39.6 Å². The van der Waals surface area contributed by atoms with Gasteiger partial charge in [-0.3, -0.25) is 0 Å². The lowest BCUT2D eigenvalue weighted by Gasteiger charge is -2.30. The smallest absolute Gasteiger partial charge is 0.223 e. The van der Waals surface area contributed by atoms with Gasteiger partial charge in [0.1, 0.15) is 11.5 Å². The molecule has 0 spiro atoms. The highest BCUT2D eigenvalue weighted by Gasteiger charge is 2.31. The van der Waals surface area contributed by atoms with Gasteiger partial charge in [0.15, 0.2) is 11.5 Å². The van der Waals surface area contributed by atoms with Gasteiger partial charge in [-0.1, -0.05) is 66.2 Å². The zero-order valence-corrected chi connectivity index (χ0v) is 26.7. The van der Waals surface area contributed by atoms with E-state index in [4.69, 9.17) is 33.2 Å². The highest BCUT2D eigenvalue weighted by atomic mass is 16.8. The first-order valence-corrected chi connectivity index (χ1v) is 15.9. The fourth-order valence-corrected chi connectivity index (χ4v) is 4.11. The van der Waals surface area contributed by atoms with E-state index in [-0.39, 0.29) is 0 Å². The van der Waals surface area contributed by atoms with E-state index >= 15 is 0 Å². The molecule has 2 atom stereocenters. The summed E-state index contributed by atoms with van der Waals surface area (Å²) in [6.45, 7) is 19.7. The van der Waals surface area contributed by atoms with Crippen molar-refractivity contribution in [2.24, 2.45) is 0 Å². The maximum atomic E-state index is 6.67. The first-order chi connectivity index (χ1) is 19.1. The van der Waals surface area contributed by atoms with Crippen molar-refractivity contribution in [1.29, 1.82) is 0 Å². The molecule has 7 nitrogen and oxygen atoms in total. The zero-order valence-electron chi connectivity index (χ0n) is 26.7. The number of hydrogen-bond donors (Lipinski definition) is 0. The van der Waals surface area contributed by atoms with Gasteiger partial charge in [-0.2, -0.15) is 0 Å². The van der Waals surface area contributed by atoms with E-state index in [1.807, 2.05) is 27.7 Å². The van der Waals surface area contributed by atoms with Crippen molar-refractivity contribution in [1.82, 2.24) is 0 Å². The van der Waals surface area contributed by atoms with Gasteiger partial charge in [0, 0.05) is 12.8 Å². The Balaban J connectivity index is 6.46. The van der Waals surface area contributed by atoms with Gasteiger partial charge >= 0.3 is 0 Å². The number of unbranched alkanes of at least 4 members (excludes halogenated alkanes) is 6. The fourth-order valence-electron chi connectivity index (χ4n) is 4.11. The normalized spacial score (nSPS) is 14.4. The monoisotopic (exact) mass is 558 g/mol. The summed E-state index contributed by atoms with van der Waals surface area (Å²) in [7, 11) is 0. The van der Waals surface area contributed by atoms with Crippen molar-refractivity contribution < 1.29 is 33.2 Å². The van der Waals surface area contributed by atoms with E-state index in [1.54, 1.807) is 0 Å². The van der Waals surface area contributed by atoms with E-state index in [1.165, 1.54) is 25.7 Å². The minimum absolute atomic E-state index is 0.478. The Bertz CT molecular complexity index is 550. The number of rotatable bonds is 28. The zero-order chi connectivity index (χ0) is 29.1. The van der Waals surface area contributed by atoms with E-state index in [9.17, 15) is 0 Å². The molecule has 0 aliphatic carbocycles. The standard InChI is InChI=1S/C32H62O7/c1-9-17-19-21-25-37-31(29(35-15-7)27(23-11-3)33-13-5)39-32(38-26-22-20-18-10-2)30(36-16-8)28(24-12-4)34-14-6/h31-32H,9-26H2,1-8H3. The molecule has 2 unspecified atom stereocenters. The Morgan fingerprint density at radius 3 is 1.13 bits per heavy atom. The Hall–Kier alpha value is -1.44. The summed E-state index contributed by atoms with van der Waals surface area (Å²) in [6, 6.07) is 0. The molecule has 7 heteroatoms. The molecular weight excluding hydrogens is 496 g/mol. The molecule has 0 saturated heterocycles. The van der Waals surface area contributed by atoms with Crippen LogP contribution in [-0.2, 0) is 33.2 Å². The van der Waals surface area contributed by atoms with Crippen LogP contribution in [0.5, 0.6) is 0 Å². The summed E-state index contributed by atoms with van der Waals surface area (Å²) >= 11 is 0. The molecule has 39 heavy (non-hydrogen) atoms. The Kier molecular flexibility index (Phi) is 25.8. The van der Waals surface area contributed by atoms with Crippen molar-refractivity contribution in [3.63, 3.8) is 0 Å². The molecule has 0 bridgehead atoms. The molecule has 0 aromatic rings. The Morgan fingerprint density at radius 1 is 0.436 bits per heavy atom. The van der Waals surface area contributed by atoms with Gasteiger partial charge in [0.2, 0.25) is 12.6 Å². The maximum Gasteiger partial charge on any atom is 0.223 e. The van der Waals surface area contributed by atoms with Gasteiger partial charge in [-0.05, 0) is 53.4 Å². The summed E-state index contributed by atoms with van der Waals surface area (Å²) in [5.74, 6) is 2.70. The minimum Gasteiger partial charge on any atom is -0.495 e. The lowest BCUT2D eigenvalue weighted by molar-refractivity contribution is -0.242. The molecule has 0 rings (SSSR count). The highest BCUT2D eigenvalue weighted by Crippen LogP contribution is 2.27. The van der Waals surface area contributed by atoms with Gasteiger partial charge in [0.25, 0.3) is 0 Å². The predicted octanol–water partition coefficient (Wildman–Crippen LogP) is 9.02. The first-order valence-electron chi connectivity index (χ1n) is 15.9. The number of hydrogen-bond acceptors (Lipinski definition) is 7. The third-order valence-corrected chi connectivity index (χ3v) is 5.95. The molecule has 0 heterocycles. The topological polar surface area (TPSA) is 64.6 Å². The molecule has 0 aliphatic heterocycles. The van der Waals surface area contributed by atoms with Crippen LogP contribution in [0.15, 0.2) is 23.0 Å². The van der Waals surface area contributed by atoms with Crippen LogP contribution >= 0.6 is 0 Å². The summed E-state index contributed by atoms with van der Waals surface area (Å²) in [4.78, 5) is 0. The van der Waals surface area contributed by atoms with E-state index in [0.717, 1.165) is 62.9 Å². The van der Waals surface area contributed by atoms with Gasteiger partial charge < -0.3 is 33.2 Å². The largest absolute Gasteiger partial charge is 0.495 e. The van der Waals surface area contributed by atoms with Crippen LogP contribution in [0.3, 0.4) is 0 Å². The third kappa shape index (κ3) is 17.1. The van der Waals surface area contributed by atoms with Gasteiger partial charge in [0.05, 0.1) is 39.6 Å². The Labute approximate surface area is 240 Å². The molecule has 0 aromatic carbocycles. The molecule has 0 fully saturated rings. The lowest BCUT2D eigenvalue weighted by atomic mass is 10.2. The molecule has 0 aromatic heterocycles. The minimum atomic E-state index is -0.791. The van der Waals surface area contributed by atoms with Crippen LogP contribution in [0.25, 0.3) is 0 Å². The van der Waals surface area contributed by atoms with Crippen LogP contribution in [0, 0.1) is 0 Å². The first kappa shape index (κ1) is 37.6. The SMILES string of the molecule is CCCCCCOC(OC(OCCCCCC)C(OCC)=C(CCC)OCC)C(OCC)=C(CCC)OCC. The second kappa shape index (κ2) is 26.8. The summed E-state index contributed by atoms with van der Waals surface area (Å²) in [5, 5.41) is 0. The average Bonchev–Trinajstić information content (AvgIpc) is 2.93. The molecule has 232 valence electrons. The highest BCUT2D eigenvalue weighted by molar-refractivity contribution is 5.09. The molecule has 0 aliphatic rings. The molecular formula is C32H62O7. The summed E-state index contributed by atoms with van der Waals surface area (Å²) < 4.78 is 43.9. The van der Waals surface area contributed by atoms with Crippen molar-refractivity contribution in [2.45, 2.75) is 145 Å². The molecule has 0 saturated carbocycles. The average molecular weight is 559 g/mol. The molecule has 0 radical (unpaired) electrons. The quantitative estimate of drug-likeness (QED) is 0.0539. The van der Waals surface area contributed by atoms with Gasteiger partial charge in [-0.15, -0.1) is 0 Å². The third-order valence-electron chi connectivity index (χ3n) is 5.95. The van der Waals surface area contributed by atoms with Crippen LogP contribution < -0.4 is 0 Å². The van der Waals surface area contributed by atoms with Crippen LogP contribution in [0.4, 0.5) is 0 Å². The van der Waals surface area contributed by atoms with E-state index in [2.05, 4.69) is 27.7 Å². The van der Waals surface area contributed by atoms with Crippen LogP contribution in [0.1, 0.15) is 132 Å². The molecule has 0 N–H and O–H groups in total. The number of ether oxygens (including phenoxy) is 7. The van der Waals surface area contributed by atoms with E-state index < -0.39 is 12.6 Å². The van der Waals surface area contributed by atoms with Crippen LogP contribution in [0.2, 0.25) is 0 Å². The summed E-state index contributed by atoms with van der Waals surface area (Å²) in [6.07, 6.45) is 10.5. The van der Waals surface area contributed by atoms with Crippen molar-refractivity contribution >= 4 is 0 Å². The van der Waals surface area contributed by atoms with E-state index in [0.29, 0.717) is 51.2 Å².